The smallest absolute Gasteiger partial charge is 0.0781 e. The van der Waals surface area contributed by atoms with Crippen LogP contribution in [0.5, 0.6) is 0 Å². The summed E-state index contributed by atoms with van der Waals surface area (Å²) in [5.41, 5.74) is 0. The fourth-order valence-corrected chi connectivity index (χ4v) is 1.29. The molecule has 0 radical (unpaired) electrons. The standard InChI is InChI=1S/C12H26O4/c1-9(2)5-12(14)8-16-11(4)7-15-10(3)6-13/h9-14H,5-8H2,1-4H3. The van der Waals surface area contributed by atoms with Gasteiger partial charge >= 0.3 is 0 Å². The van der Waals surface area contributed by atoms with Crippen LogP contribution in [0.25, 0.3) is 0 Å². The lowest BCUT2D eigenvalue weighted by Crippen LogP contribution is -2.26. The Morgan fingerprint density at radius 2 is 1.50 bits per heavy atom. The average molecular weight is 234 g/mol. The van der Waals surface area contributed by atoms with Crippen LogP contribution in [0.3, 0.4) is 0 Å². The maximum atomic E-state index is 9.59. The second kappa shape index (κ2) is 8.93. The molecule has 0 saturated heterocycles. The van der Waals surface area contributed by atoms with Gasteiger partial charge in [0.2, 0.25) is 0 Å². The zero-order valence-electron chi connectivity index (χ0n) is 10.8. The van der Waals surface area contributed by atoms with Crippen molar-refractivity contribution < 1.29 is 19.7 Å². The average Bonchev–Trinajstić information content (AvgIpc) is 2.22. The summed E-state index contributed by atoms with van der Waals surface area (Å²) in [6, 6.07) is 0. The van der Waals surface area contributed by atoms with Crippen molar-refractivity contribution in [2.24, 2.45) is 5.92 Å². The van der Waals surface area contributed by atoms with E-state index in [1.807, 2.05) is 6.92 Å². The Morgan fingerprint density at radius 3 is 2.00 bits per heavy atom. The molecule has 0 aliphatic heterocycles. The van der Waals surface area contributed by atoms with E-state index in [4.69, 9.17) is 14.6 Å². The predicted molar refractivity (Wildman–Crippen MR) is 63.4 cm³/mol. The molecule has 2 N–H and O–H groups in total. The van der Waals surface area contributed by atoms with Gasteiger partial charge in [-0.3, -0.25) is 0 Å². The highest BCUT2D eigenvalue weighted by Gasteiger charge is 2.11. The summed E-state index contributed by atoms with van der Waals surface area (Å²) in [5.74, 6) is 0.472. The van der Waals surface area contributed by atoms with Crippen molar-refractivity contribution in [3.8, 4) is 0 Å². The van der Waals surface area contributed by atoms with E-state index in [1.54, 1.807) is 6.92 Å². The van der Waals surface area contributed by atoms with Crippen LogP contribution in [0.15, 0.2) is 0 Å². The Bertz CT molecular complexity index is 161. The van der Waals surface area contributed by atoms with E-state index >= 15 is 0 Å². The lowest BCUT2D eigenvalue weighted by molar-refractivity contribution is -0.0669. The van der Waals surface area contributed by atoms with Crippen LogP contribution < -0.4 is 0 Å². The number of rotatable bonds is 9. The molecule has 0 spiro atoms. The minimum absolute atomic E-state index is 0.0166. The first-order valence-corrected chi connectivity index (χ1v) is 5.97. The molecule has 0 aromatic rings. The fourth-order valence-electron chi connectivity index (χ4n) is 1.29. The van der Waals surface area contributed by atoms with Gasteiger partial charge in [0.15, 0.2) is 0 Å². The minimum Gasteiger partial charge on any atom is -0.394 e. The second-order valence-corrected chi connectivity index (χ2v) is 4.75. The van der Waals surface area contributed by atoms with E-state index in [2.05, 4.69) is 13.8 Å². The summed E-state index contributed by atoms with van der Waals surface area (Å²) in [5, 5.41) is 18.3. The van der Waals surface area contributed by atoms with E-state index in [-0.39, 0.29) is 18.8 Å². The largest absolute Gasteiger partial charge is 0.394 e. The molecule has 0 saturated carbocycles. The fraction of sp³-hybridized carbons (Fsp3) is 1.00. The van der Waals surface area contributed by atoms with E-state index in [0.717, 1.165) is 6.42 Å². The molecular weight excluding hydrogens is 208 g/mol. The highest BCUT2D eigenvalue weighted by molar-refractivity contribution is 4.59. The van der Waals surface area contributed by atoms with Gasteiger partial charge in [-0.25, -0.2) is 0 Å². The highest BCUT2D eigenvalue weighted by Crippen LogP contribution is 2.06. The maximum Gasteiger partial charge on any atom is 0.0781 e. The van der Waals surface area contributed by atoms with Crippen molar-refractivity contribution in [3.05, 3.63) is 0 Å². The molecule has 0 aromatic heterocycles. The quantitative estimate of drug-likeness (QED) is 0.629. The zero-order valence-corrected chi connectivity index (χ0v) is 10.8. The van der Waals surface area contributed by atoms with Crippen molar-refractivity contribution in [1.82, 2.24) is 0 Å². The molecule has 3 atom stereocenters. The van der Waals surface area contributed by atoms with Crippen LogP contribution in [0.1, 0.15) is 34.1 Å². The SMILES string of the molecule is CC(C)CC(O)COC(C)COC(C)CO. The molecule has 0 aromatic carbocycles. The van der Waals surface area contributed by atoms with Crippen molar-refractivity contribution in [2.45, 2.75) is 52.4 Å². The summed E-state index contributed by atoms with van der Waals surface area (Å²) in [4.78, 5) is 0. The van der Waals surface area contributed by atoms with Gasteiger partial charge in [0.05, 0.1) is 38.1 Å². The van der Waals surface area contributed by atoms with Gasteiger partial charge < -0.3 is 19.7 Å². The maximum absolute atomic E-state index is 9.59. The van der Waals surface area contributed by atoms with E-state index < -0.39 is 6.10 Å². The topological polar surface area (TPSA) is 58.9 Å². The van der Waals surface area contributed by atoms with Crippen molar-refractivity contribution >= 4 is 0 Å². The van der Waals surface area contributed by atoms with Crippen LogP contribution in [0, 0.1) is 5.92 Å². The summed E-state index contributed by atoms with van der Waals surface area (Å²) in [6.45, 7) is 8.64. The van der Waals surface area contributed by atoms with Crippen LogP contribution in [-0.2, 0) is 9.47 Å². The van der Waals surface area contributed by atoms with Gasteiger partial charge in [0, 0.05) is 0 Å². The molecule has 0 aliphatic rings. The van der Waals surface area contributed by atoms with Crippen LogP contribution >= 0.6 is 0 Å². The first-order valence-electron chi connectivity index (χ1n) is 5.97. The number of ether oxygens (including phenoxy) is 2. The molecule has 4 nitrogen and oxygen atoms in total. The number of hydrogen-bond donors (Lipinski definition) is 2. The number of aliphatic hydroxyl groups excluding tert-OH is 2. The Labute approximate surface area is 98.6 Å². The number of aliphatic hydroxyl groups is 2. The normalized spacial score (nSPS) is 17.4. The molecule has 3 unspecified atom stereocenters. The second-order valence-electron chi connectivity index (χ2n) is 4.75. The third-order valence-electron chi connectivity index (χ3n) is 2.19. The first kappa shape index (κ1) is 15.8. The van der Waals surface area contributed by atoms with Crippen LogP contribution in [-0.4, -0.2) is 48.3 Å². The third kappa shape index (κ3) is 9.09. The van der Waals surface area contributed by atoms with Crippen LogP contribution in [0.4, 0.5) is 0 Å². The van der Waals surface area contributed by atoms with Gasteiger partial charge in [-0.1, -0.05) is 13.8 Å². The van der Waals surface area contributed by atoms with Gasteiger partial charge in [0.25, 0.3) is 0 Å². The molecule has 0 amide bonds. The Kier molecular flexibility index (Phi) is 8.84. The summed E-state index contributed by atoms with van der Waals surface area (Å²) < 4.78 is 10.8. The van der Waals surface area contributed by atoms with Gasteiger partial charge in [-0.15, -0.1) is 0 Å². The summed E-state index contributed by atoms with van der Waals surface area (Å²) in [6.07, 6.45) is 0.126. The highest BCUT2D eigenvalue weighted by atomic mass is 16.5. The third-order valence-corrected chi connectivity index (χ3v) is 2.19. The van der Waals surface area contributed by atoms with Crippen molar-refractivity contribution in [2.75, 3.05) is 19.8 Å². The van der Waals surface area contributed by atoms with E-state index in [9.17, 15) is 5.11 Å². The molecule has 0 fully saturated rings. The molecule has 0 bridgehead atoms. The molecule has 16 heavy (non-hydrogen) atoms. The van der Waals surface area contributed by atoms with Gasteiger partial charge in [-0.2, -0.15) is 0 Å². The van der Waals surface area contributed by atoms with E-state index in [0.29, 0.717) is 19.1 Å². The van der Waals surface area contributed by atoms with E-state index in [1.165, 1.54) is 0 Å². The van der Waals surface area contributed by atoms with Crippen molar-refractivity contribution in [3.63, 3.8) is 0 Å². The lowest BCUT2D eigenvalue weighted by Gasteiger charge is -2.19. The van der Waals surface area contributed by atoms with Crippen LogP contribution in [0.2, 0.25) is 0 Å². The molecular formula is C12H26O4. The minimum atomic E-state index is -0.405. The molecule has 4 heteroatoms. The zero-order chi connectivity index (χ0) is 12.6. The molecule has 0 aliphatic carbocycles. The van der Waals surface area contributed by atoms with Gasteiger partial charge in [0.1, 0.15) is 0 Å². The molecule has 0 heterocycles. The Morgan fingerprint density at radius 1 is 0.938 bits per heavy atom. The monoisotopic (exact) mass is 234 g/mol. The first-order chi connectivity index (χ1) is 7.45. The van der Waals surface area contributed by atoms with Gasteiger partial charge in [-0.05, 0) is 26.2 Å². The summed E-state index contributed by atoms with van der Waals surface area (Å²) >= 11 is 0. The number of hydrogen-bond acceptors (Lipinski definition) is 4. The summed E-state index contributed by atoms with van der Waals surface area (Å²) in [7, 11) is 0. The van der Waals surface area contributed by atoms with Crippen molar-refractivity contribution in [1.29, 1.82) is 0 Å². The molecule has 98 valence electrons. The molecule has 0 rings (SSSR count). The predicted octanol–water partition coefficient (Wildman–Crippen LogP) is 1.20. The Hall–Kier alpha value is -0.160. The Balaban J connectivity index is 3.52. The lowest BCUT2D eigenvalue weighted by atomic mass is 10.1.